The lowest BCUT2D eigenvalue weighted by atomic mass is 9.93. The molecule has 2 atom stereocenters. The molecule has 100 valence electrons. The van der Waals surface area contributed by atoms with E-state index in [0.717, 1.165) is 24.6 Å². The van der Waals surface area contributed by atoms with Gasteiger partial charge in [-0.25, -0.2) is 4.39 Å². The van der Waals surface area contributed by atoms with Crippen molar-refractivity contribution in [3.05, 3.63) is 35.6 Å². The first kappa shape index (κ1) is 13.5. The van der Waals surface area contributed by atoms with E-state index in [2.05, 4.69) is 11.8 Å². The molecule has 0 aliphatic carbocycles. The van der Waals surface area contributed by atoms with Crippen LogP contribution in [-0.4, -0.2) is 24.0 Å². The second-order valence-corrected chi connectivity index (χ2v) is 5.58. The molecule has 1 saturated heterocycles. The second-order valence-electron chi connectivity index (χ2n) is 5.58. The van der Waals surface area contributed by atoms with E-state index in [1.165, 1.54) is 18.9 Å². The van der Waals surface area contributed by atoms with Gasteiger partial charge in [-0.05, 0) is 56.5 Å². The summed E-state index contributed by atoms with van der Waals surface area (Å²) in [5.41, 5.74) is 7.12. The Hall–Kier alpha value is -0.930. The van der Waals surface area contributed by atoms with Crippen LogP contribution in [-0.2, 0) is 0 Å². The van der Waals surface area contributed by atoms with Crippen molar-refractivity contribution in [2.75, 3.05) is 13.1 Å². The maximum absolute atomic E-state index is 13.4. The van der Waals surface area contributed by atoms with E-state index < -0.39 is 0 Å². The van der Waals surface area contributed by atoms with Crippen molar-refractivity contribution in [1.29, 1.82) is 0 Å². The van der Waals surface area contributed by atoms with E-state index in [9.17, 15) is 4.39 Å². The summed E-state index contributed by atoms with van der Waals surface area (Å²) in [5.74, 6) is 0.617. The molecule has 2 rings (SSSR count). The number of piperidine rings is 1. The van der Waals surface area contributed by atoms with Crippen LogP contribution in [0.3, 0.4) is 0 Å². The van der Waals surface area contributed by atoms with Gasteiger partial charge in [0, 0.05) is 12.1 Å². The van der Waals surface area contributed by atoms with Gasteiger partial charge in [-0.3, -0.25) is 4.90 Å². The van der Waals surface area contributed by atoms with Crippen molar-refractivity contribution in [2.24, 2.45) is 11.7 Å². The Balaban J connectivity index is 2.18. The maximum atomic E-state index is 13.4. The zero-order valence-electron chi connectivity index (χ0n) is 11.3. The number of hydrogen-bond donors (Lipinski definition) is 1. The van der Waals surface area contributed by atoms with Crippen LogP contribution in [0.15, 0.2) is 24.3 Å². The van der Waals surface area contributed by atoms with E-state index >= 15 is 0 Å². The van der Waals surface area contributed by atoms with Crippen LogP contribution in [0.1, 0.15) is 38.3 Å². The zero-order chi connectivity index (χ0) is 13.1. The van der Waals surface area contributed by atoms with Crippen LogP contribution in [0.5, 0.6) is 0 Å². The Kier molecular flexibility index (Phi) is 4.36. The highest BCUT2D eigenvalue weighted by Crippen LogP contribution is 2.28. The second kappa shape index (κ2) is 5.81. The Morgan fingerprint density at radius 3 is 2.56 bits per heavy atom. The van der Waals surface area contributed by atoms with Crippen molar-refractivity contribution in [1.82, 2.24) is 4.90 Å². The van der Waals surface area contributed by atoms with Crippen molar-refractivity contribution in [3.63, 3.8) is 0 Å². The average molecular weight is 250 g/mol. The molecule has 1 aliphatic rings. The topological polar surface area (TPSA) is 29.3 Å². The third kappa shape index (κ3) is 3.09. The molecule has 2 nitrogen and oxygen atoms in total. The summed E-state index contributed by atoms with van der Waals surface area (Å²) < 4.78 is 13.4. The fraction of sp³-hybridized carbons (Fsp3) is 0.600. The molecule has 0 saturated carbocycles. The summed E-state index contributed by atoms with van der Waals surface area (Å²) in [6.45, 7) is 6.42. The lowest BCUT2D eigenvalue weighted by Crippen LogP contribution is -2.43. The summed E-state index contributed by atoms with van der Waals surface area (Å²) in [7, 11) is 0. The molecule has 0 bridgehead atoms. The molecule has 0 amide bonds. The Morgan fingerprint density at radius 2 is 2.00 bits per heavy atom. The SMILES string of the molecule is CC1CCN(C(c2cccc(F)c2)C(C)N)CC1. The van der Waals surface area contributed by atoms with Gasteiger partial charge in [-0.2, -0.15) is 0 Å². The minimum Gasteiger partial charge on any atom is -0.326 e. The molecule has 0 spiro atoms. The summed E-state index contributed by atoms with van der Waals surface area (Å²) in [6.07, 6.45) is 2.41. The number of nitrogens with zero attached hydrogens (tertiary/aromatic N) is 1. The lowest BCUT2D eigenvalue weighted by Gasteiger charge is -2.39. The predicted octanol–water partition coefficient (Wildman–Crippen LogP) is 2.95. The van der Waals surface area contributed by atoms with Crippen LogP contribution in [0.4, 0.5) is 4.39 Å². The maximum Gasteiger partial charge on any atom is 0.123 e. The minimum absolute atomic E-state index is 0.0141. The van der Waals surface area contributed by atoms with Gasteiger partial charge >= 0.3 is 0 Å². The standard InChI is InChI=1S/C15H23FN2/c1-11-6-8-18(9-7-11)15(12(2)17)13-4-3-5-14(16)10-13/h3-5,10-12,15H,6-9,17H2,1-2H3. The quantitative estimate of drug-likeness (QED) is 0.893. The molecule has 1 fully saturated rings. The highest BCUT2D eigenvalue weighted by atomic mass is 19.1. The van der Waals surface area contributed by atoms with E-state index in [0.29, 0.717) is 0 Å². The first-order valence-electron chi connectivity index (χ1n) is 6.83. The fourth-order valence-electron chi connectivity index (χ4n) is 2.84. The molecule has 18 heavy (non-hydrogen) atoms. The Labute approximate surface area is 109 Å². The highest BCUT2D eigenvalue weighted by molar-refractivity contribution is 5.22. The van der Waals surface area contributed by atoms with E-state index in [4.69, 9.17) is 5.73 Å². The van der Waals surface area contributed by atoms with Gasteiger partial charge in [0.2, 0.25) is 0 Å². The monoisotopic (exact) mass is 250 g/mol. The van der Waals surface area contributed by atoms with Gasteiger partial charge < -0.3 is 5.73 Å². The van der Waals surface area contributed by atoms with Gasteiger partial charge in [-0.1, -0.05) is 19.1 Å². The van der Waals surface area contributed by atoms with Crippen LogP contribution >= 0.6 is 0 Å². The summed E-state index contributed by atoms with van der Waals surface area (Å²) in [4.78, 5) is 2.40. The molecule has 2 unspecified atom stereocenters. The van der Waals surface area contributed by atoms with E-state index in [1.54, 1.807) is 12.1 Å². The van der Waals surface area contributed by atoms with Gasteiger partial charge in [0.15, 0.2) is 0 Å². The number of benzene rings is 1. The fourth-order valence-corrected chi connectivity index (χ4v) is 2.84. The molecule has 0 aromatic heterocycles. The Morgan fingerprint density at radius 1 is 1.33 bits per heavy atom. The Bertz CT molecular complexity index is 384. The normalized spacial score (nSPS) is 21.8. The zero-order valence-corrected chi connectivity index (χ0v) is 11.3. The summed E-state index contributed by atoms with van der Waals surface area (Å²) >= 11 is 0. The van der Waals surface area contributed by atoms with Gasteiger partial charge in [-0.15, -0.1) is 0 Å². The third-order valence-corrected chi connectivity index (χ3v) is 3.90. The van der Waals surface area contributed by atoms with Crippen LogP contribution in [0.25, 0.3) is 0 Å². The van der Waals surface area contributed by atoms with Crippen molar-refractivity contribution in [2.45, 2.75) is 38.8 Å². The average Bonchev–Trinajstić information content (AvgIpc) is 2.32. The summed E-state index contributed by atoms with van der Waals surface area (Å²) in [5, 5.41) is 0. The van der Waals surface area contributed by atoms with E-state index in [1.807, 2.05) is 13.0 Å². The van der Waals surface area contributed by atoms with Crippen LogP contribution in [0.2, 0.25) is 0 Å². The van der Waals surface area contributed by atoms with Crippen molar-refractivity contribution in [3.8, 4) is 0 Å². The molecular weight excluding hydrogens is 227 g/mol. The number of rotatable bonds is 3. The van der Waals surface area contributed by atoms with E-state index in [-0.39, 0.29) is 17.9 Å². The van der Waals surface area contributed by atoms with Gasteiger partial charge in [0.1, 0.15) is 5.82 Å². The molecule has 1 heterocycles. The molecular formula is C15H23FN2. The third-order valence-electron chi connectivity index (χ3n) is 3.90. The highest BCUT2D eigenvalue weighted by Gasteiger charge is 2.27. The smallest absolute Gasteiger partial charge is 0.123 e. The number of halogens is 1. The first-order valence-corrected chi connectivity index (χ1v) is 6.83. The van der Waals surface area contributed by atoms with Crippen molar-refractivity contribution < 1.29 is 4.39 Å². The minimum atomic E-state index is -0.177. The molecule has 1 aromatic rings. The predicted molar refractivity (Wildman–Crippen MR) is 72.8 cm³/mol. The number of hydrogen-bond acceptors (Lipinski definition) is 2. The van der Waals surface area contributed by atoms with Gasteiger partial charge in [0.25, 0.3) is 0 Å². The molecule has 1 aromatic carbocycles. The molecule has 3 heteroatoms. The molecule has 1 aliphatic heterocycles. The first-order chi connectivity index (χ1) is 8.58. The number of likely N-dealkylation sites (tertiary alicyclic amines) is 1. The largest absolute Gasteiger partial charge is 0.326 e. The molecule has 2 N–H and O–H groups in total. The number of nitrogens with two attached hydrogens (primary N) is 1. The molecule has 0 radical (unpaired) electrons. The lowest BCUT2D eigenvalue weighted by molar-refractivity contribution is 0.123. The van der Waals surface area contributed by atoms with Crippen LogP contribution in [0, 0.1) is 11.7 Å². The van der Waals surface area contributed by atoms with Crippen molar-refractivity contribution >= 4 is 0 Å². The van der Waals surface area contributed by atoms with Crippen LogP contribution < -0.4 is 5.73 Å². The summed E-state index contributed by atoms with van der Waals surface area (Å²) in [6, 6.07) is 7.00. The van der Waals surface area contributed by atoms with Gasteiger partial charge in [0.05, 0.1) is 0 Å².